The third kappa shape index (κ3) is 14.1. The second-order valence-corrected chi connectivity index (χ2v) is 25.5. The summed E-state index contributed by atoms with van der Waals surface area (Å²) in [5, 5.41) is 56.7. The molecular weight excluding hydrogens is 990 g/mol. The number of sulfone groups is 1. The Morgan fingerprint density at radius 1 is 0.987 bits per heavy atom. The van der Waals surface area contributed by atoms with Gasteiger partial charge in [0.05, 0.1) is 58.7 Å². The first-order valence-electron chi connectivity index (χ1n) is 27.0. The molecule has 3 saturated heterocycles. The van der Waals surface area contributed by atoms with Crippen LogP contribution in [0.4, 0.5) is 4.39 Å². The number of aliphatic hydroxyl groups excluding tert-OH is 2. The Balaban J connectivity index is 1.23. The quantitative estimate of drug-likeness (QED) is 0.170. The molecule has 0 saturated carbocycles. The standard InChI is InChI=1S/C55H90FN5O13S/c1-15-45-55(10,66)49(62)36(6)60(12)29-32(2)26-53(8,65)51(34(4)47(35(5)52(64)73-45)44-27-54(9,70-14)50(63)37(7)72-44)74-46-25-42(24-33(3)71-46)59(11)22-20-41-30-61(58-57-41)43(28-56)48(69-13)39-18-16-38(17-19-39)40-21-23-75(67,68)31-40/h16-19,21,30,32-37,42-51,62-63,65-66H,15,20,22-29,31H2,1-14H3/t32-,33-,34+,35-,36-,37+,42+,43-,44-,45-,46+,47?,48-,49-,50+,51-,53-,54-,55-/m1/s1. The fourth-order valence-corrected chi connectivity index (χ4v) is 14.0. The summed E-state index contributed by atoms with van der Waals surface area (Å²) in [4.78, 5) is 18.8. The van der Waals surface area contributed by atoms with Crippen LogP contribution >= 0.6 is 0 Å². The number of carbonyl (C=O) groups is 1. The zero-order valence-electron chi connectivity index (χ0n) is 47.0. The monoisotopic (exact) mass is 1080 g/mol. The van der Waals surface area contributed by atoms with E-state index in [4.69, 9.17) is 28.4 Å². The lowest BCUT2D eigenvalue weighted by Gasteiger charge is -2.51. The van der Waals surface area contributed by atoms with E-state index in [2.05, 4.69) is 15.2 Å². The van der Waals surface area contributed by atoms with Crippen molar-refractivity contribution in [2.45, 2.75) is 198 Å². The predicted molar refractivity (Wildman–Crippen MR) is 282 cm³/mol. The smallest absolute Gasteiger partial charge is 0.309 e. The third-order valence-electron chi connectivity index (χ3n) is 17.3. The van der Waals surface area contributed by atoms with Crippen molar-refractivity contribution in [1.29, 1.82) is 0 Å². The number of carbonyl (C=O) groups excluding carboxylic acids is 1. The lowest BCUT2D eigenvalue weighted by molar-refractivity contribution is -0.275. The number of benzene rings is 1. The number of nitrogens with zero attached hydrogens (tertiary/aromatic N) is 5. The number of aromatic nitrogens is 3. The van der Waals surface area contributed by atoms with Crippen LogP contribution in [0.5, 0.6) is 0 Å². The molecule has 1 unspecified atom stereocenters. The number of cyclic esters (lactones) is 1. The van der Waals surface area contributed by atoms with Gasteiger partial charge in [0.1, 0.15) is 42.7 Å². The molecule has 19 atom stereocenters. The SMILES string of the molecule is CC[C@H]1OC(=O)[C@H](C)C([C@H]2C[C@@](C)(OC)[C@@H](O)[C@H](C)O2)[C@H](C)[C@@H](O[C@H]2C[C@@H](N(C)CCc3cn([C@H](CF)[C@H](OC)c4ccc(C5=CCS(=O)(=O)C5)cc4)nn3)C[C@@H](C)O2)[C@](C)(O)C[C@@H](C)CN(C)[C@H](C)[C@@H](O)[C@]1(C)O. The van der Waals surface area contributed by atoms with Crippen LogP contribution < -0.4 is 0 Å². The van der Waals surface area contributed by atoms with Crippen molar-refractivity contribution in [2.24, 2.45) is 23.7 Å². The zero-order valence-corrected chi connectivity index (χ0v) is 47.8. The van der Waals surface area contributed by atoms with Crippen LogP contribution in [0.1, 0.15) is 130 Å². The number of hydrogen-bond donors (Lipinski definition) is 4. The molecule has 0 bridgehead atoms. The lowest BCUT2D eigenvalue weighted by Crippen LogP contribution is -2.61. The predicted octanol–water partition coefficient (Wildman–Crippen LogP) is 5.12. The summed E-state index contributed by atoms with van der Waals surface area (Å²) in [6, 6.07) is 5.94. The number of halogens is 1. The first kappa shape index (κ1) is 61.2. The minimum atomic E-state index is -3.13. The first-order valence-corrected chi connectivity index (χ1v) is 28.8. The van der Waals surface area contributed by atoms with Crippen molar-refractivity contribution >= 4 is 21.4 Å². The Morgan fingerprint density at radius 2 is 1.67 bits per heavy atom. The largest absolute Gasteiger partial charge is 0.459 e. The van der Waals surface area contributed by atoms with Gasteiger partial charge in [0, 0.05) is 70.8 Å². The number of ether oxygens (including phenoxy) is 6. The summed E-state index contributed by atoms with van der Waals surface area (Å²) in [6.45, 7) is 18.5. The average molecular weight is 1080 g/mol. The highest BCUT2D eigenvalue weighted by molar-refractivity contribution is 7.92. The van der Waals surface area contributed by atoms with E-state index >= 15 is 0 Å². The Bertz CT molecular complexity index is 2320. The summed E-state index contributed by atoms with van der Waals surface area (Å²) in [6.07, 6.45) is -1.47. The number of methoxy groups -OCH3 is 2. The van der Waals surface area contributed by atoms with E-state index in [1.54, 1.807) is 47.1 Å². The van der Waals surface area contributed by atoms with Gasteiger partial charge in [-0.1, -0.05) is 63.2 Å². The summed E-state index contributed by atoms with van der Waals surface area (Å²) >= 11 is 0. The van der Waals surface area contributed by atoms with Gasteiger partial charge in [0.25, 0.3) is 0 Å². The highest BCUT2D eigenvalue weighted by Crippen LogP contribution is 2.45. The van der Waals surface area contributed by atoms with E-state index in [1.807, 2.05) is 77.9 Å². The van der Waals surface area contributed by atoms with Gasteiger partial charge in [-0.3, -0.25) is 4.79 Å². The molecule has 426 valence electrons. The molecular formula is C55H90FN5O13S. The second kappa shape index (κ2) is 25.0. The van der Waals surface area contributed by atoms with Crippen molar-refractivity contribution in [3.8, 4) is 0 Å². The maximum absolute atomic E-state index is 14.9. The topological polar surface area (TPSA) is 225 Å². The van der Waals surface area contributed by atoms with E-state index in [-0.39, 0.29) is 48.8 Å². The van der Waals surface area contributed by atoms with Gasteiger partial charge >= 0.3 is 5.97 Å². The zero-order chi connectivity index (χ0) is 55.5. The number of alkyl halides is 1. The van der Waals surface area contributed by atoms with Crippen molar-refractivity contribution in [3.63, 3.8) is 0 Å². The minimum absolute atomic E-state index is 0.00714. The van der Waals surface area contributed by atoms with E-state index in [0.717, 1.165) is 16.7 Å². The van der Waals surface area contributed by atoms with Gasteiger partial charge in [-0.05, 0) is 103 Å². The minimum Gasteiger partial charge on any atom is -0.459 e. The second-order valence-electron chi connectivity index (χ2n) is 23.4. The maximum atomic E-state index is 14.9. The molecule has 0 amide bonds. The lowest BCUT2D eigenvalue weighted by atomic mass is 9.68. The molecule has 18 nitrogen and oxygen atoms in total. The Morgan fingerprint density at radius 3 is 2.27 bits per heavy atom. The van der Waals surface area contributed by atoms with Gasteiger partial charge < -0.3 is 58.6 Å². The molecule has 6 rings (SSSR count). The number of aliphatic hydroxyl groups is 4. The summed E-state index contributed by atoms with van der Waals surface area (Å²) in [5.41, 5.74) is -1.43. The Kier molecular flexibility index (Phi) is 20.4. The molecule has 4 aliphatic heterocycles. The Hall–Kier alpha value is -2.99. The maximum Gasteiger partial charge on any atom is 0.309 e. The van der Waals surface area contributed by atoms with Crippen molar-refractivity contribution in [3.05, 3.63) is 53.4 Å². The van der Waals surface area contributed by atoms with Crippen LogP contribution in [-0.4, -0.2) is 197 Å². The number of likely N-dealkylation sites (N-methyl/N-ethyl adjacent to an activating group) is 2. The molecule has 5 heterocycles. The van der Waals surface area contributed by atoms with Gasteiger partial charge in [-0.15, -0.1) is 5.10 Å². The van der Waals surface area contributed by atoms with Gasteiger partial charge in [-0.25, -0.2) is 17.5 Å². The van der Waals surface area contributed by atoms with E-state index in [9.17, 15) is 38.0 Å². The highest BCUT2D eigenvalue weighted by atomic mass is 32.2. The van der Waals surface area contributed by atoms with Crippen LogP contribution in [-0.2, 0) is 49.5 Å². The van der Waals surface area contributed by atoms with E-state index < -0.39 is 118 Å². The van der Waals surface area contributed by atoms with Crippen LogP contribution in [0.25, 0.3) is 5.57 Å². The fraction of sp³-hybridized carbons (Fsp3) is 0.800. The third-order valence-corrected chi connectivity index (χ3v) is 18.8. The molecule has 0 radical (unpaired) electrons. The molecule has 20 heteroatoms. The molecule has 1 aromatic heterocycles. The number of esters is 1. The normalized spacial score (nSPS) is 39.6. The van der Waals surface area contributed by atoms with E-state index in [1.165, 1.54) is 18.7 Å². The van der Waals surface area contributed by atoms with Crippen LogP contribution in [0, 0.1) is 23.7 Å². The van der Waals surface area contributed by atoms with Crippen LogP contribution in [0.15, 0.2) is 36.5 Å². The molecule has 75 heavy (non-hydrogen) atoms. The molecule has 0 spiro atoms. The van der Waals surface area contributed by atoms with Crippen molar-refractivity contribution in [1.82, 2.24) is 24.8 Å². The van der Waals surface area contributed by atoms with Gasteiger partial charge in [0.15, 0.2) is 16.1 Å². The summed E-state index contributed by atoms with van der Waals surface area (Å²) < 4.78 is 78.9. The molecule has 1 aromatic carbocycles. The summed E-state index contributed by atoms with van der Waals surface area (Å²) in [5.74, 6) is -2.90. The van der Waals surface area contributed by atoms with Crippen LogP contribution in [0.3, 0.4) is 0 Å². The highest BCUT2D eigenvalue weighted by Gasteiger charge is 2.54. The van der Waals surface area contributed by atoms with Crippen molar-refractivity contribution in [2.75, 3.05) is 59.6 Å². The molecule has 0 aliphatic carbocycles. The van der Waals surface area contributed by atoms with Gasteiger partial charge in [0.2, 0.25) is 0 Å². The number of hydrogen-bond acceptors (Lipinski definition) is 17. The van der Waals surface area contributed by atoms with Crippen molar-refractivity contribution < 1.29 is 66.5 Å². The summed E-state index contributed by atoms with van der Waals surface area (Å²) in [7, 11) is 3.82. The molecule has 4 N–H and O–H groups in total. The number of rotatable bonds is 15. The van der Waals surface area contributed by atoms with E-state index in [0.29, 0.717) is 38.0 Å². The first-order chi connectivity index (χ1) is 35.1. The fourth-order valence-electron chi connectivity index (χ4n) is 12.7. The van der Waals surface area contributed by atoms with Gasteiger partial charge in [-0.2, -0.15) is 0 Å². The molecule has 2 aromatic rings. The molecule has 4 aliphatic rings. The average Bonchev–Trinajstić information content (AvgIpc) is 3.99. The van der Waals surface area contributed by atoms with Crippen LogP contribution in [0.2, 0.25) is 0 Å². The molecule has 3 fully saturated rings. The Labute approximate surface area is 445 Å².